The van der Waals surface area contributed by atoms with E-state index in [-0.39, 0.29) is 5.92 Å². The standard InChI is InChI=1S/C20H34O8/c1-6-10-11-15(7-2)20(8-3,9-4)28-17(23)13-19(26,18(24)25)12-16(22)27-14(5)21/h15,26H,6-13H2,1-5H3,(H,24,25). The molecule has 0 heterocycles. The van der Waals surface area contributed by atoms with E-state index in [1.807, 2.05) is 20.8 Å². The van der Waals surface area contributed by atoms with Crippen LogP contribution >= 0.6 is 0 Å². The first-order chi connectivity index (χ1) is 13.0. The molecule has 8 heteroatoms. The van der Waals surface area contributed by atoms with Crippen LogP contribution in [0.3, 0.4) is 0 Å². The van der Waals surface area contributed by atoms with Gasteiger partial charge in [-0.15, -0.1) is 0 Å². The summed E-state index contributed by atoms with van der Waals surface area (Å²) < 4.78 is 9.98. The summed E-state index contributed by atoms with van der Waals surface area (Å²) in [5, 5.41) is 19.6. The Morgan fingerprint density at radius 3 is 1.89 bits per heavy atom. The lowest BCUT2D eigenvalue weighted by Gasteiger charge is -2.39. The smallest absolute Gasteiger partial charge is 0.336 e. The number of aliphatic carboxylic acids is 1. The summed E-state index contributed by atoms with van der Waals surface area (Å²) in [4.78, 5) is 46.4. The van der Waals surface area contributed by atoms with Gasteiger partial charge in [-0.3, -0.25) is 14.4 Å². The molecule has 0 aromatic carbocycles. The normalized spacial score (nSPS) is 14.6. The van der Waals surface area contributed by atoms with Crippen LogP contribution in [0.5, 0.6) is 0 Å². The minimum absolute atomic E-state index is 0.104. The van der Waals surface area contributed by atoms with Crippen LogP contribution in [0.4, 0.5) is 0 Å². The van der Waals surface area contributed by atoms with E-state index in [1.54, 1.807) is 0 Å². The number of carboxylic acid groups (broad SMARTS) is 1. The number of unbranched alkanes of at least 4 members (excludes halogenated alkanes) is 1. The third-order valence-electron chi connectivity index (χ3n) is 5.19. The average Bonchev–Trinajstić information content (AvgIpc) is 2.59. The van der Waals surface area contributed by atoms with Crippen LogP contribution in [-0.4, -0.2) is 45.3 Å². The number of carboxylic acids is 1. The van der Waals surface area contributed by atoms with Crippen molar-refractivity contribution in [3.63, 3.8) is 0 Å². The van der Waals surface area contributed by atoms with Crippen LogP contribution in [0, 0.1) is 5.92 Å². The van der Waals surface area contributed by atoms with Crippen molar-refractivity contribution in [3.8, 4) is 0 Å². The summed E-state index contributed by atoms with van der Waals surface area (Å²) in [6, 6.07) is 0. The van der Waals surface area contributed by atoms with Crippen LogP contribution in [0.2, 0.25) is 0 Å². The second-order valence-corrected chi connectivity index (χ2v) is 7.15. The molecule has 0 aromatic heterocycles. The molecule has 0 saturated carbocycles. The summed E-state index contributed by atoms with van der Waals surface area (Å²) >= 11 is 0. The van der Waals surface area contributed by atoms with Gasteiger partial charge in [0.25, 0.3) is 0 Å². The van der Waals surface area contributed by atoms with Gasteiger partial charge in [-0.1, -0.05) is 40.5 Å². The SMILES string of the molecule is CCCCC(CC)C(CC)(CC)OC(=O)CC(O)(CC(=O)OC(C)=O)C(=O)O. The fourth-order valence-electron chi connectivity index (χ4n) is 3.50. The number of aliphatic hydroxyl groups is 1. The molecule has 0 aliphatic heterocycles. The molecule has 0 saturated heterocycles. The number of carbonyl (C=O) groups is 4. The molecule has 2 unspecified atom stereocenters. The summed E-state index contributed by atoms with van der Waals surface area (Å²) in [5.74, 6) is -4.72. The molecule has 162 valence electrons. The highest BCUT2D eigenvalue weighted by molar-refractivity contribution is 5.92. The number of hydrogen-bond acceptors (Lipinski definition) is 7. The number of esters is 3. The summed E-state index contributed by atoms with van der Waals surface area (Å²) in [5.41, 5.74) is -3.47. The van der Waals surface area contributed by atoms with E-state index >= 15 is 0 Å². The van der Waals surface area contributed by atoms with Crippen molar-refractivity contribution >= 4 is 23.9 Å². The molecule has 2 N–H and O–H groups in total. The predicted octanol–water partition coefficient (Wildman–Crippen LogP) is 2.99. The van der Waals surface area contributed by atoms with E-state index in [0.29, 0.717) is 12.8 Å². The summed E-state index contributed by atoms with van der Waals surface area (Å²) in [6.45, 7) is 8.87. The van der Waals surface area contributed by atoms with Gasteiger partial charge in [0, 0.05) is 6.92 Å². The number of hydrogen-bond donors (Lipinski definition) is 2. The van der Waals surface area contributed by atoms with Crippen molar-refractivity contribution in [2.45, 2.75) is 97.2 Å². The highest BCUT2D eigenvalue weighted by Crippen LogP contribution is 2.36. The zero-order chi connectivity index (χ0) is 22.0. The number of ether oxygens (including phenoxy) is 2. The first-order valence-corrected chi connectivity index (χ1v) is 9.89. The molecule has 0 rings (SSSR count). The minimum Gasteiger partial charge on any atom is -0.479 e. The molecule has 0 bridgehead atoms. The summed E-state index contributed by atoms with van der Waals surface area (Å²) in [7, 11) is 0. The van der Waals surface area contributed by atoms with Crippen molar-refractivity contribution in [2.24, 2.45) is 5.92 Å². The highest BCUT2D eigenvalue weighted by Gasteiger charge is 2.45. The van der Waals surface area contributed by atoms with Crippen LogP contribution in [0.25, 0.3) is 0 Å². The van der Waals surface area contributed by atoms with Gasteiger partial charge in [0.05, 0.1) is 12.8 Å². The highest BCUT2D eigenvalue weighted by atomic mass is 16.6. The fourth-order valence-corrected chi connectivity index (χ4v) is 3.50. The Hall–Kier alpha value is -1.96. The molecule has 0 aliphatic rings. The lowest BCUT2D eigenvalue weighted by atomic mass is 9.78. The fraction of sp³-hybridized carbons (Fsp3) is 0.800. The zero-order valence-corrected chi connectivity index (χ0v) is 17.6. The second-order valence-electron chi connectivity index (χ2n) is 7.15. The maximum absolute atomic E-state index is 12.5. The molecular weight excluding hydrogens is 368 g/mol. The van der Waals surface area contributed by atoms with Crippen molar-refractivity contribution in [1.82, 2.24) is 0 Å². The zero-order valence-electron chi connectivity index (χ0n) is 17.6. The Morgan fingerprint density at radius 1 is 0.964 bits per heavy atom. The molecule has 0 fully saturated rings. The molecule has 0 spiro atoms. The molecule has 8 nitrogen and oxygen atoms in total. The maximum Gasteiger partial charge on any atom is 0.336 e. The lowest BCUT2D eigenvalue weighted by Crippen LogP contribution is -2.47. The van der Waals surface area contributed by atoms with Gasteiger partial charge in [-0.25, -0.2) is 4.79 Å². The first-order valence-electron chi connectivity index (χ1n) is 9.89. The van der Waals surface area contributed by atoms with Crippen molar-refractivity contribution < 1.29 is 38.9 Å². The van der Waals surface area contributed by atoms with Crippen LogP contribution < -0.4 is 0 Å². The Balaban J connectivity index is 5.40. The topological polar surface area (TPSA) is 127 Å². The third kappa shape index (κ3) is 7.58. The first kappa shape index (κ1) is 26.0. The van der Waals surface area contributed by atoms with E-state index in [4.69, 9.17) is 4.74 Å². The molecule has 0 aliphatic carbocycles. The molecular formula is C20H34O8. The Labute approximate surface area is 166 Å². The average molecular weight is 402 g/mol. The van der Waals surface area contributed by atoms with Crippen molar-refractivity contribution in [1.29, 1.82) is 0 Å². The van der Waals surface area contributed by atoms with Crippen LogP contribution in [-0.2, 0) is 28.7 Å². The van der Waals surface area contributed by atoms with Crippen molar-refractivity contribution in [3.05, 3.63) is 0 Å². The molecule has 28 heavy (non-hydrogen) atoms. The molecule has 0 aromatic rings. The van der Waals surface area contributed by atoms with E-state index in [9.17, 15) is 29.4 Å². The van der Waals surface area contributed by atoms with Gasteiger partial charge in [-0.05, 0) is 31.6 Å². The Kier molecular flexibility index (Phi) is 11.0. The number of carbonyl (C=O) groups excluding carboxylic acids is 3. The molecule has 0 amide bonds. The van der Waals surface area contributed by atoms with Crippen LogP contribution in [0.15, 0.2) is 0 Å². The monoisotopic (exact) mass is 402 g/mol. The van der Waals surface area contributed by atoms with Gasteiger partial charge in [0.1, 0.15) is 5.60 Å². The lowest BCUT2D eigenvalue weighted by molar-refractivity contribution is -0.183. The summed E-state index contributed by atoms with van der Waals surface area (Å²) in [6.07, 6.45) is 2.80. The van der Waals surface area contributed by atoms with Gasteiger partial charge >= 0.3 is 23.9 Å². The molecule has 2 atom stereocenters. The number of rotatable bonds is 13. The van der Waals surface area contributed by atoms with Gasteiger partial charge in [0.2, 0.25) is 0 Å². The third-order valence-corrected chi connectivity index (χ3v) is 5.19. The second kappa shape index (κ2) is 11.8. The minimum atomic E-state index is -2.71. The van der Waals surface area contributed by atoms with E-state index in [0.717, 1.165) is 32.6 Å². The maximum atomic E-state index is 12.5. The predicted molar refractivity (Wildman–Crippen MR) is 101 cm³/mol. The Bertz CT molecular complexity index is 552. The quantitative estimate of drug-likeness (QED) is 0.355. The van der Waals surface area contributed by atoms with Gasteiger partial charge < -0.3 is 19.7 Å². The van der Waals surface area contributed by atoms with Gasteiger partial charge in [-0.2, -0.15) is 0 Å². The van der Waals surface area contributed by atoms with E-state index in [2.05, 4.69) is 11.7 Å². The van der Waals surface area contributed by atoms with Gasteiger partial charge in [0.15, 0.2) is 5.60 Å². The van der Waals surface area contributed by atoms with E-state index in [1.165, 1.54) is 0 Å². The van der Waals surface area contributed by atoms with E-state index < -0.39 is 47.9 Å². The Morgan fingerprint density at radius 2 is 1.50 bits per heavy atom. The molecule has 0 radical (unpaired) electrons. The van der Waals surface area contributed by atoms with Crippen molar-refractivity contribution in [2.75, 3.05) is 0 Å². The van der Waals surface area contributed by atoms with Crippen LogP contribution in [0.1, 0.15) is 86.0 Å². The largest absolute Gasteiger partial charge is 0.479 e.